The maximum Gasteiger partial charge on any atom is 0.158 e. The van der Waals surface area contributed by atoms with E-state index in [0.29, 0.717) is 12.0 Å². The topological polar surface area (TPSA) is 52.6 Å². The molecule has 1 fully saturated rings. The zero-order valence-electron chi connectivity index (χ0n) is 17.4. The van der Waals surface area contributed by atoms with Crippen LogP contribution in [0.4, 0.5) is 16.4 Å². The molecule has 0 unspecified atom stereocenters. The fourth-order valence-electron chi connectivity index (χ4n) is 4.06. The van der Waals surface area contributed by atoms with Gasteiger partial charge in [-0.05, 0) is 24.1 Å². The maximum atomic E-state index is 5.11. The molecule has 0 saturated carbocycles. The van der Waals surface area contributed by atoms with Crippen LogP contribution in [0.1, 0.15) is 36.0 Å². The van der Waals surface area contributed by atoms with E-state index in [2.05, 4.69) is 77.9 Å². The molecule has 3 heterocycles. The van der Waals surface area contributed by atoms with Crippen LogP contribution in [0.5, 0.6) is 0 Å². The van der Waals surface area contributed by atoms with Gasteiger partial charge >= 0.3 is 0 Å². The van der Waals surface area contributed by atoms with Crippen LogP contribution >= 0.6 is 11.3 Å². The van der Waals surface area contributed by atoms with Gasteiger partial charge < -0.3 is 15.5 Å². The zero-order valence-corrected chi connectivity index (χ0v) is 18.2. The van der Waals surface area contributed by atoms with Crippen molar-refractivity contribution < 1.29 is 0 Å². The molecule has 5 nitrogen and oxygen atoms in total. The quantitative estimate of drug-likeness (QED) is 0.635. The Morgan fingerprint density at radius 2 is 1.90 bits per heavy atom. The molecule has 154 valence electrons. The van der Waals surface area contributed by atoms with Crippen molar-refractivity contribution in [3.05, 3.63) is 70.9 Å². The van der Waals surface area contributed by atoms with Gasteiger partial charge in [-0.1, -0.05) is 56.3 Å². The molecule has 0 spiro atoms. The summed E-state index contributed by atoms with van der Waals surface area (Å²) in [5.41, 5.74) is 4.37. The van der Waals surface area contributed by atoms with Gasteiger partial charge in [0.05, 0.1) is 16.4 Å². The van der Waals surface area contributed by atoms with Crippen LogP contribution in [-0.2, 0) is 6.42 Å². The highest BCUT2D eigenvalue weighted by Crippen LogP contribution is 2.39. The largest absolute Gasteiger partial charge is 0.352 e. The number of aromatic nitrogens is 1. The summed E-state index contributed by atoms with van der Waals surface area (Å²) in [6, 6.07) is 19.4. The molecular weight excluding hydrogens is 390 g/mol. The molecule has 2 aliphatic heterocycles. The average molecular weight is 418 g/mol. The molecule has 5 rings (SSSR count). The van der Waals surface area contributed by atoms with E-state index in [-0.39, 0.29) is 0 Å². The molecule has 1 saturated heterocycles. The Kier molecular flexibility index (Phi) is 5.27. The third-order valence-corrected chi connectivity index (χ3v) is 6.88. The number of thiazole rings is 1. The highest BCUT2D eigenvalue weighted by molar-refractivity contribution is 7.16. The van der Waals surface area contributed by atoms with Gasteiger partial charge in [0.25, 0.3) is 0 Å². The zero-order chi connectivity index (χ0) is 20.5. The van der Waals surface area contributed by atoms with Crippen molar-refractivity contribution in [2.75, 3.05) is 25.0 Å². The maximum absolute atomic E-state index is 5.11. The van der Waals surface area contributed by atoms with E-state index in [4.69, 9.17) is 9.98 Å². The predicted molar refractivity (Wildman–Crippen MR) is 126 cm³/mol. The van der Waals surface area contributed by atoms with E-state index >= 15 is 0 Å². The third kappa shape index (κ3) is 3.85. The van der Waals surface area contributed by atoms with Crippen molar-refractivity contribution in [2.24, 2.45) is 4.99 Å². The van der Waals surface area contributed by atoms with Crippen LogP contribution in [0.2, 0.25) is 0 Å². The molecular formula is C24H27N5S. The number of hydrogen-bond donors (Lipinski definition) is 2. The van der Waals surface area contributed by atoms with Crippen LogP contribution in [0.15, 0.2) is 59.6 Å². The van der Waals surface area contributed by atoms with E-state index in [9.17, 15) is 0 Å². The third-order valence-electron chi connectivity index (χ3n) is 5.61. The van der Waals surface area contributed by atoms with Gasteiger partial charge in [-0.2, -0.15) is 0 Å². The second-order valence-electron chi connectivity index (χ2n) is 8.25. The second kappa shape index (κ2) is 8.20. The fourth-order valence-corrected chi connectivity index (χ4v) is 5.04. The van der Waals surface area contributed by atoms with Crippen molar-refractivity contribution in [3.63, 3.8) is 0 Å². The first-order valence-electron chi connectivity index (χ1n) is 10.7. The van der Waals surface area contributed by atoms with Crippen molar-refractivity contribution in [1.29, 1.82) is 0 Å². The molecule has 2 aromatic carbocycles. The average Bonchev–Trinajstić information content (AvgIpc) is 3.11. The summed E-state index contributed by atoms with van der Waals surface area (Å²) < 4.78 is 0. The van der Waals surface area contributed by atoms with E-state index in [1.54, 1.807) is 11.3 Å². The fraction of sp³-hybridized carbons (Fsp3) is 0.333. The number of para-hydroxylation sites is 2. The number of nitrogens with one attached hydrogen (secondary N) is 2. The summed E-state index contributed by atoms with van der Waals surface area (Å²) in [5, 5.41) is 9.53. The molecule has 0 aliphatic carbocycles. The number of aliphatic imine (C=N–C) groups is 1. The Labute approximate surface area is 181 Å². The first-order valence-corrected chi connectivity index (χ1v) is 11.5. The minimum absolute atomic E-state index is 0.391. The molecule has 2 aliphatic rings. The smallest absolute Gasteiger partial charge is 0.158 e. The molecule has 0 bridgehead atoms. The Bertz CT molecular complexity index is 1060. The molecule has 3 aromatic rings. The number of benzene rings is 2. The lowest BCUT2D eigenvalue weighted by atomic mass is 10.0. The summed E-state index contributed by atoms with van der Waals surface area (Å²) in [6.07, 6.45) is 1.01. The minimum atomic E-state index is 0.391. The predicted octanol–water partition coefficient (Wildman–Crippen LogP) is 4.92. The van der Waals surface area contributed by atoms with Gasteiger partial charge in [0, 0.05) is 31.6 Å². The normalized spacial score (nSPS) is 18.3. The molecule has 2 N–H and O–H groups in total. The highest BCUT2D eigenvalue weighted by Gasteiger charge is 2.29. The van der Waals surface area contributed by atoms with Gasteiger partial charge in [0.2, 0.25) is 0 Å². The van der Waals surface area contributed by atoms with Gasteiger partial charge in [0.15, 0.2) is 5.84 Å². The van der Waals surface area contributed by atoms with Gasteiger partial charge in [0.1, 0.15) is 10.7 Å². The monoisotopic (exact) mass is 417 g/mol. The molecule has 1 aromatic heterocycles. The molecule has 0 amide bonds. The van der Waals surface area contributed by atoms with E-state index < -0.39 is 0 Å². The van der Waals surface area contributed by atoms with Gasteiger partial charge in [-0.25, -0.2) is 9.98 Å². The number of nitrogens with zero attached hydrogens (tertiary/aromatic N) is 3. The Morgan fingerprint density at radius 1 is 1.10 bits per heavy atom. The minimum Gasteiger partial charge on any atom is -0.352 e. The summed E-state index contributed by atoms with van der Waals surface area (Å²) >= 11 is 1.75. The van der Waals surface area contributed by atoms with Gasteiger partial charge in [-0.3, -0.25) is 0 Å². The van der Waals surface area contributed by atoms with Crippen molar-refractivity contribution >= 4 is 33.5 Å². The van der Waals surface area contributed by atoms with Crippen LogP contribution in [-0.4, -0.2) is 41.4 Å². The lowest BCUT2D eigenvalue weighted by Crippen LogP contribution is -2.53. The number of amidine groups is 1. The van der Waals surface area contributed by atoms with Crippen molar-refractivity contribution in [3.8, 4) is 0 Å². The lowest BCUT2D eigenvalue weighted by Gasteiger charge is -2.35. The van der Waals surface area contributed by atoms with E-state index in [1.807, 2.05) is 6.07 Å². The molecule has 6 heteroatoms. The van der Waals surface area contributed by atoms with Crippen molar-refractivity contribution in [1.82, 2.24) is 15.2 Å². The second-order valence-corrected chi connectivity index (χ2v) is 9.28. The highest BCUT2D eigenvalue weighted by atomic mass is 32.1. The lowest BCUT2D eigenvalue weighted by molar-refractivity contribution is 0.290. The van der Waals surface area contributed by atoms with Crippen LogP contribution in [0.25, 0.3) is 0 Å². The van der Waals surface area contributed by atoms with Crippen LogP contribution in [0, 0.1) is 0 Å². The first kappa shape index (κ1) is 19.3. The number of rotatable bonds is 3. The summed E-state index contributed by atoms with van der Waals surface area (Å²) in [4.78, 5) is 12.6. The summed E-state index contributed by atoms with van der Waals surface area (Å²) in [7, 11) is 0. The van der Waals surface area contributed by atoms with Crippen molar-refractivity contribution in [2.45, 2.75) is 32.2 Å². The Balaban J connectivity index is 1.49. The first-order chi connectivity index (χ1) is 14.7. The number of anilines is 2. The number of hydrogen-bond acceptors (Lipinski definition) is 6. The molecule has 0 radical (unpaired) electrons. The number of piperazine rings is 1. The van der Waals surface area contributed by atoms with Crippen LogP contribution < -0.4 is 10.6 Å². The van der Waals surface area contributed by atoms with E-state index in [1.165, 1.54) is 5.56 Å². The van der Waals surface area contributed by atoms with Gasteiger partial charge in [-0.15, -0.1) is 11.3 Å². The standard InChI is InChI=1S/C24H27N5S/c1-16(2)23-28-21-22(26-19-10-6-7-11-20(19)27-24(21)30-23)29-13-12-25-18(15-29)14-17-8-4-3-5-9-17/h3-11,16,18,25,27H,12-15H2,1-2H3/t18-/m0/s1. The summed E-state index contributed by atoms with van der Waals surface area (Å²) in [6.45, 7) is 7.19. The molecule has 30 heavy (non-hydrogen) atoms. The summed E-state index contributed by atoms with van der Waals surface area (Å²) in [5.74, 6) is 1.39. The SMILES string of the molecule is CC(C)c1nc2c(s1)Nc1ccccc1N=C2N1CCN[C@@H](Cc2ccccc2)C1. The number of fused-ring (bicyclic) bond motifs is 2. The molecule has 1 atom stereocenters. The Morgan fingerprint density at radius 3 is 2.73 bits per heavy atom. The Hall–Kier alpha value is -2.70. The van der Waals surface area contributed by atoms with Crippen LogP contribution in [0.3, 0.4) is 0 Å². The van der Waals surface area contributed by atoms with E-state index in [0.717, 1.165) is 59.0 Å².